The molecule has 1 rings (SSSR count). The van der Waals surface area contributed by atoms with E-state index in [1.165, 1.54) is 0 Å². The normalized spacial score (nSPS) is 13.7. The molecule has 0 aliphatic heterocycles. The lowest BCUT2D eigenvalue weighted by Crippen LogP contribution is -2.29. The molecule has 0 bridgehead atoms. The minimum absolute atomic E-state index is 0.0169. The van der Waals surface area contributed by atoms with Crippen LogP contribution >= 0.6 is 0 Å². The molecular weight excluding hydrogens is 224 g/mol. The van der Waals surface area contributed by atoms with E-state index in [4.69, 9.17) is 5.26 Å². The summed E-state index contributed by atoms with van der Waals surface area (Å²) in [4.78, 5) is 2.15. The highest BCUT2D eigenvalue weighted by atomic mass is 16.3. The zero-order chi connectivity index (χ0) is 13.5. The summed E-state index contributed by atoms with van der Waals surface area (Å²) < 4.78 is 0. The van der Waals surface area contributed by atoms with Crippen LogP contribution in [0.15, 0.2) is 24.3 Å². The van der Waals surface area contributed by atoms with Gasteiger partial charge in [-0.25, -0.2) is 0 Å². The first-order chi connectivity index (χ1) is 8.63. The van der Waals surface area contributed by atoms with E-state index in [0.717, 1.165) is 17.8 Å². The van der Waals surface area contributed by atoms with Crippen molar-refractivity contribution in [3.8, 4) is 6.07 Å². The van der Waals surface area contributed by atoms with Gasteiger partial charge in [0.25, 0.3) is 0 Å². The molecule has 3 nitrogen and oxygen atoms in total. The van der Waals surface area contributed by atoms with E-state index in [9.17, 15) is 5.11 Å². The third kappa shape index (κ3) is 3.48. The van der Waals surface area contributed by atoms with Crippen LogP contribution in [0.3, 0.4) is 0 Å². The summed E-state index contributed by atoms with van der Waals surface area (Å²) in [7, 11) is 0. The Morgan fingerprint density at radius 2 is 2.00 bits per heavy atom. The van der Waals surface area contributed by atoms with E-state index in [1.54, 1.807) is 0 Å². The zero-order valence-corrected chi connectivity index (χ0v) is 11.4. The van der Waals surface area contributed by atoms with Gasteiger partial charge in [-0.1, -0.05) is 25.1 Å². The van der Waals surface area contributed by atoms with Crippen LogP contribution in [0.1, 0.15) is 38.9 Å². The molecule has 0 saturated carbocycles. The molecule has 0 aliphatic rings. The van der Waals surface area contributed by atoms with E-state index in [1.807, 2.05) is 38.1 Å². The van der Waals surface area contributed by atoms with Gasteiger partial charge in [0.15, 0.2) is 0 Å². The van der Waals surface area contributed by atoms with Crippen molar-refractivity contribution in [2.24, 2.45) is 5.92 Å². The van der Waals surface area contributed by atoms with E-state index in [-0.39, 0.29) is 5.92 Å². The van der Waals surface area contributed by atoms with Crippen LogP contribution in [0.25, 0.3) is 0 Å². The minimum atomic E-state index is -0.437. The maximum atomic E-state index is 10.1. The lowest BCUT2D eigenvalue weighted by molar-refractivity contribution is 0.174. The molecule has 0 aromatic heterocycles. The molecular formula is C15H22N2O. The number of aliphatic hydroxyl groups is 1. The summed E-state index contributed by atoms with van der Waals surface area (Å²) in [5.74, 6) is -0.0169. The van der Waals surface area contributed by atoms with Crippen LogP contribution in [0, 0.1) is 17.2 Å². The van der Waals surface area contributed by atoms with Crippen LogP contribution in [0.4, 0.5) is 5.69 Å². The van der Waals surface area contributed by atoms with Gasteiger partial charge in [0.1, 0.15) is 0 Å². The molecule has 0 heterocycles. The monoisotopic (exact) mass is 246 g/mol. The van der Waals surface area contributed by atoms with Gasteiger partial charge in [-0.2, -0.15) is 5.26 Å². The number of hydrogen-bond acceptors (Lipinski definition) is 3. The lowest BCUT2D eigenvalue weighted by Gasteiger charge is -2.28. The number of para-hydroxylation sites is 1. The predicted molar refractivity (Wildman–Crippen MR) is 74.4 cm³/mol. The Bertz CT molecular complexity index is 411. The van der Waals surface area contributed by atoms with Crippen LogP contribution in [0.5, 0.6) is 0 Å². The van der Waals surface area contributed by atoms with Crippen LogP contribution in [-0.4, -0.2) is 18.2 Å². The number of rotatable bonds is 6. The molecule has 0 aliphatic carbocycles. The Kier molecular flexibility index (Phi) is 5.67. The summed E-state index contributed by atoms with van der Waals surface area (Å²) in [6, 6.07) is 10.2. The Hall–Kier alpha value is -1.53. The lowest BCUT2D eigenvalue weighted by atomic mass is 10.0. The molecule has 1 aromatic carbocycles. The fourth-order valence-electron chi connectivity index (χ4n) is 2.05. The smallest absolute Gasteiger partial charge is 0.0807 e. The third-order valence-electron chi connectivity index (χ3n) is 3.12. The molecule has 18 heavy (non-hydrogen) atoms. The first-order valence-electron chi connectivity index (χ1n) is 6.55. The molecule has 1 aromatic rings. The van der Waals surface area contributed by atoms with Crippen molar-refractivity contribution in [1.29, 1.82) is 5.26 Å². The van der Waals surface area contributed by atoms with Crippen molar-refractivity contribution in [2.75, 3.05) is 18.0 Å². The number of aliphatic hydroxyl groups excluding tert-OH is 1. The summed E-state index contributed by atoms with van der Waals surface area (Å²) in [5.41, 5.74) is 1.99. The third-order valence-corrected chi connectivity index (χ3v) is 3.12. The SMILES string of the molecule is CCC(O)c1ccccc1N(CC)CC(C)C#N. The van der Waals surface area contributed by atoms with Crippen molar-refractivity contribution in [2.45, 2.75) is 33.3 Å². The molecule has 0 radical (unpaired) electrons. The zero-order valence-electron chi connectivity index (χ0n) is 11.4. The summed E-state index contributed by atoms with van der Waals surface area (Å²) in [6.07, 6.45) is 0.259. The molecule has 0 saturated heterocycles. The van der Waals surface area contributed by atoms with E-state index in [0.29, 0.717) is 13.0 Å². The molecule has 98 valence electrons. The number of anilines is 1. The van der Waals surface area contributed by atoms with E-state index >= 15 is 0 Å². The van der Waals surface area contributed by atoms with Crippen molar-refractivity contribution >= 4 is 5.69 Å². The Balaban J connectivity index is 3.02. The first kappa shape index (κ1) is 14.5. The van der Waals surface area contributed by atoms with Gasteiger partial charge < -0.3 is 10.0 Å². The molecule has 0 spiro atoms. The Morgan fingerprint density at radius 1 is 1.33 bits per heavy atom. The second-order valence-corrected chi connectivity index (χ2v) is 4.55. The fraction of sp³-hybridized carbons (Fsp3) is 0.533. The van der Waals surface area contributed by atoms with Gasteiger partial charge >= 0.3 is 0 Å². The average molecular weight is 246 g/mol. The van der Waals surface area contributed by atoms with Gasteiger partial charge in [0, 0.05) is 24.3 Å². The van der Waals surface area contributed by atoms with Gasteiger partial charge in [0.05, 0.1) is 18.1 Å². The maximum Gasteiger partial charge on any atom is 0.0807 e. The van der Waals surface area contributed by atoms with Crippen molar-refractivity contribution in [3.63, 3.8) is 0 Å². The Labute approximate surface area is 110 Å². The van der Waals surface area contributed by atoms with Gasteiger partial charge in [0.2, 0.25) is 0 Å². The molecule has 2 unspecified atom stereocenters. The number of nitriles is 1. The number of hydrogen-bond donors (Lipinski definition) is 1. The van der Waals surface area contributed by atoms with Gasteiger partial charge in [-0.3, -0.25) is 0 Å². The van der Waals surface area contributed by atoms with Crippen LogP contribution < -0.4 is 4.90 Å². The number of nitrogens with zero attached hydrogens (tertiary/aromatic N) is 2. The molecule has 1 N–H and O–H groups in total. The Morgan fingerprint density at radius 3 is 2.56 bits per heavy atom. The fourth-order valence-corrected chi connectivity index (χ4v) is 2.05. The second kappa shape index (κ2) is 7.03. The highest BCUT2D eigenvalue weighted by molar-refractivity contribution is 5.54. The largest absolute Gasteiger partial charge is 0.388 e. The van der Waals surface area contributed by atoms with E-state index in [2.05, 4.69) is 17.9 Å². The van der Waals surface area contributed by atoms with E-state index < -0.39 is 6.10 Å². The maximum absolute atomic E-state index is 10.1. The second-order valence-electron chi connectivity index (χ2n) is 4.55. The quantitative estimate of drug-likeness (QED) is 0.839. The van der Waals surface area contributed by atoms with Crippen molar-refractivity contribution in [3.05, 3.63) is 29.8 Å². The van der Waals surface area contributed by atoms with Crippen molar-refractivity contribution < 1.29 is 5.11 Å². The summed E-state index contributed by atoms with van der Waals surface area (Å²) >= 11 is 0. The standard InChI is InChI=1S/C15H22N2O/c1-4-15(18)13-8-6-7-9-14(13)17(5-2)11-12(3)10-16/h6-9,12,15,18H,4-5,11H2,1-3H3. The van der Waals surface area contributed by atoms with Crippen LogP contribution in [0.2, 0.25) is 0 Å². The van der Waals surface area contributed by atoms with Gasteiger partial charge in [-0.05, 0) is 26.3 Å². The highest BCUT2D eigenvalue weighted by Gasteiger charge is 2.16. The number of benzene rings is 1. The molecule has 0 fully saturated rings. The molecule has 0 amide bonds. The highest BCUT2D eigenvalue weighted by Crippen LogP contribution is 2.28. The summed E-state index contributed by atoms with van der Waals surface area (Å²) in [6.45, 7) is 7.48. The predicted octanol–water partition coefficient (Wildman–Crippen LogP) is 3.12. The average Bonchev–Trinajstić information content (AvgIpc) is 2.43. The van der Waals surface area contributed by atoms with Crippen molar-refractivity contribution in [1.82, 2.24) is 0 Å². The first-order valence-corrected chi connectivity index (χ1v) is 6.55. The van der Waals surface area contributed by atoms with Crippen LogP contribution in [-0.2, 0) is 0 Å². The minimum Gasteiger partial charge on any atom is -0.388 e. The molecule has 2 atom stereocenters. The topological polar surface area (TPSA) is 47.3 Å². The molecule has 3 heteroatoms. The van der Waals surface area contributed by atoms with Gasteiger partial charge in [-0.15, -0.1) is 0 Å². The summed E-state index contributed by atoms with van der Waals surface area (Å²) in [5, 5.41) is 19.0.